The third kappa shape index (κ3) is 5.60. The highest BCUT2D eigenvalue weighted by atomic mass is 35.5. The van der Waals surface area contributed by atoms with E-state index in [9.17, 15) is 4.79 Å². The van der Waals surface area contributed by atoms with Crippen molar-refractivity contribution in [2.75, 3.05) is 12.4 Å². The van der Waals surface area contributed by atoms with Crippen LogP contribution in [-0.4, -0.2) is 18.3 Å². The molecule has 0 spiro atoms. The summed E-state index contributed by atoms with van der Waals surface area (Å²) in [6.07, 6.45) is 3.07. The average molecular weight is 323 g/mol. The maximum absolute atomic E-state index is 12.0. The number of nitrogens with one attached hydrogen (secondary N) is 1. The van der Waals surface area contributed by atoms with E-state index < -0.39 is 0 Å². The molecule has 0 saturated heterocycles. The van der Waals surface area contributed by atoms with E-state index in [1.165, 1.54) is 0 Å². The van der Waals surface area contributed by atoms with Gasteiger partial charge in [0.25, 0.3) is 5.91 Å². The Morgan fingerprint density at radius 2 is 2.00 bits per heavy atom. The van der Waals surface area contributed by atoms with Crippen molar-refractivity contribution in [3.05, 3.63) is 33.8 Å². The van der Waals surface area contributed by atoms with Gasteiger partial charge in [-0.1, -0.05) is 36.5 Å². The first-order chi connectivity index (χ1) is 9.08. The Morgan fingerprint density at radius 1 is 1.26 bits per heavy atom. The second kappa shape index (κ2) is 8.68. The molecule has 0 heterocycles. The Hall–Kier alpha value is -0.440. The number of hydrogen-bond acceptors (Lipinski definition) is 1. The van der Waals surface area contributed by atoms with Crippen LogP contribution in [-0.2, 0) is 0 Å². The van der Waals surface area contributed by atoms with E-state index in [0.29, 0.717) is 34.0 Å². The highest BCUT2D eigenvalue weighted by molar-refractivity contribution is 6.42. The number of halogens is 3. The summed E-state index contributed by atoms with van der Waals surface area (Å²) in [4.78, 5) is 12.0. The first-order valence-electron chi connectivity index (χ1n) is 6.37. The second-order valence-corrected chi connectivity index (χ2v) is 5.66. The molecule has 1 amide bonds. The lowest BCUT2D eigenvalue weighted by Gasteiger charge is -2.15. The molecule has 0 aliphatic rings. The van der Waals surface area contributed by atoms with E-state index in [1.807, 2.05) is 0 Å². The van der Waals surface area contributed by atoms with Gasteiger partial charge in [-0.15, -0.1) is 11.6 Å². The number of hydrogen-bond donors (Lipinski definition) is 1. The number of carbonyl (C=O) groups is 1. The smallest absolute Gasteiger partial charge is 0.251 e. The lowest BCUT2D eigenvalue weighted by atomic mass is 10.0. The van der Waals surface area contributed by atoms with Gasteiger partial charge >= 0.3 is 0 Å². The quantitative estimate of drug-likeness (QED) is 0.720. The molecular weight excluding hydrogens is 305 g/mol. The summed E-state index contributed by atoms with van der Waals surface area (Å²) in [6.45, 7) is 2.77. The minimum Gasteiger partial charge on any atom is -0.352 e. The van der Waals surface area contributed by atoms with Crippen LogP contribution in [0.25, 0.3) is 0 Å². The maximum atomic E-state index is 12.0. The molecule has 1 unspecified atom stereocenters. The van der Waals surface area contributed by atoms with Crippen LogP contribution in [0.3, 0.4) is 0 Å². The maximum Gasteiger partial charge on any atom is 0.251 e. The summed E-state index contributed by atoms with van der Waals surface area (Å²) in [5, 5.41) is 3.75. The zero-order valence-electron chi connectivity index (χ0n) is 10.9. The van der Waals surface area contributed by atoms with Crippen molar-refractivity contribution < 1.29 is 4.79 Å². The van der Waals surface area contributed by atoms with Gasteiger partial charge in [0.05, 0.1) is 10.0 Å². The number of alkyl halides is 1. The Bertz CT molecular complexity index is 417. The van der Waals surface area contributed by atoms with Crippen molar-refractivity contribution in [2.24, 2.45) is 5.92 Å². The molecule has 2 nitrogen and oxygen atoms in total. The van der Waals surface area contributed by atoms with Gasteiger partial charge in [0.15, 0.2) is 0 Å². The highest BCUT2D eigenvalue weighted by Crippen LogP contribution is 2.22. The van der Waals surface area contributed by atoms with Crippen molar-refractivity contribution in [3.8, 4) is 0 Å². The first kappa shape index (κ1) is 16.6. The van der Waals surface area contributed by atoms with Gasteiger partial charge < -0.3 is 5.32 Å². The van der Waals surface area contributed by atoms with Crippen molar-refractivity contribution in [1.82, 2.24) is 5.32 Å². The SMILES string of the molecule is CCCC(CCCl)CNC(=O)c1ccc(Cl)c(Cl)c1. The van der Waals surface area contributed by atoms with Crippen LogP contribution in [0.15, 0.2) is 18.2 Å². The van der Waals surface area contributed by atoms with Crippen LogP contribution in [0.1, 0.15) is 36.5 Å². The molecule has 0 radical (unpaired) electrons. The van der Waals surface area contributed by atoms with Gasteiger partial charge in [-0.3, -0.25) is 4.79 Å². The number of carbonyl (C=O) groups excluding carboxylic acids is 1. The molecule has 0 saturated carbocycles. The topological polar surface area (TPSA) is 29.1 Å². The van der Waals surface area contributed by atoms with Gasteiger partial charge in [0, 0.05) is 18.0 Å². The lowest BCUT2D eigenvalue weighted by molar-refractivity contribution is 0.0946. The third-order valence-corrected chi connectivity index (χ3v) is 3.90. The average Bonchev–Trinajstić information content (AvgIpc) is 2.39. The molecule has 1 atom stereocenters. The van der Waals surface area contributed by atoms with Crippen LogP contribution in [0.5, 0.6) is 0 Å². The lowest BCUT2D eigenvalue weighted by Crippen LogP contribution is -2.29. The first-order valence-corrected chi connectivity index (χ1v) is 7.66. The Labute approximate surface area is 129 Å². The predicted octanol–water partition coefficient (Wildman–Crippen LogP) is 4.77. The zero-order chi connectivity index (χ0) is 14.3. The number of rotatable bonds is 7. The predicted molar refractivity (Wildman–Crippen MR) is 82.5 cm³/mol. The molecule has 1 aromatic carbocycles. The number of amides is 1. The molecule has 0 bridgehead atoms. The molecule has 0 aliphatic heterocycles. The largest absolute Gasteiger partial charge is 0.352 e. The Balaban J connectivity index is 2.56. The van der Waals surface area contributed by atoms with Crippen LogP contribution in [0.4, 0.5) is 0 Å². The molecule has 1 N–H and O–H groups in total. The van der Waals surface area contributed by atoms with Gasteiger partial charge in [-0.2, -0.15) is 0 Å². The summed E-state index contributed by atoms with van der Waals surface area (Å²) >= 11 is 17.5. The highest BCUT2D eigenvalue weighted by Gasteiger charge is 2.11. The zero-order valence-corrected chi connectivity index (χ0v) is 13.2. The van der Waals surface area contributed by atoms with Crippen LogP contribution < -0.4 is 5.32 Å². The molecule has 1 aromatic rings. The second-order valence-electron chi connectivity index (χ2n) is 4.47. The van der Waals surface area contributed by atoms with Crippen LogP contribution in [0.2, 0.25) is 10.0 Å². The molecule has 106 valence electrons. The van der Waals surface area contributed by atoms with E-state index in [0.717, 1.165) is 19.3 Å². The molecule has 0 fully saturated rings. The van der Waals surface area contributed by atoms with E-state index in [-0.39, 0.29) is 5.91 Å². The standard InChI is InChI=1S/C14H18Cl3NO/c1-2-3-10(6-7-15)9-18-14(19)11-4-5-12(16)13(17)8-11/h4-5,8,10H,2-3,6-7,9H2,1H3,(H,18,19). The van der Waals surface area contributed by atoms with Gasteiger partial charge in [-0.25, -0.2) is 0 Å². The summed E-state index contributed by atoms with van der Waals surface area (Å²) in [6, 6.07) is 4.87. The Morgan fingerprint density at radius 3 is 2.58 bits per heavy atom. The third-order valence-electron chi connectivity index (χ3n) is 2.95. The van der Waals surface area contributed by atoms with Gasteiger partial charge in [0.1, 0.15) is 0 Å². The molecule has 0 aromatic heterocycles. The molecule has 19 heavy (non-hydrogen) atoms. The van der Waals surface area contributed by atoms with E-state index in [4.69, 9.17) is 34.8 Å². The Kier molecular flexibility index (Phi) is 7.59. The van der Waals surface area contributed by atoms with E-state index >= 15 is 0 Å². The van der Waals surface area contributed by atoms with E-state index in [2.05, 4.69) is 12.2 Å². The normalized spacial score (nSPS) is 12.2. The fraction of sp³-hybridized carbons (Fsp3) is 0.500. The monoisotopic (exact) mass is 321 g/mol. The molecule has 0 aliphatic carbocycles. The molecule has 1 rings (SSSR count). The van der Waals surface area contributed by atoms with Crippen molar-refractivity contribution in [3.63, 3.8) is 0 Å². The minimum atomic E-state index is -0.130. The minimum absolute atomic E-state index is 0.130. The van der Waals surface area contributed by atoms with E-state index in [1.54, 1.807) is 18.2 Å². The molecule has 5 heteroatoms. The van der Waals surface area contributed by atoms with Crippen molar-refractivity contribution in [1.29, 1.82) is 0 Å². The summed E-state index contributed by atoms with van der Waals surface area (Å²) in [5.41, 5.74) is 0.524. The fourth-order valence-corrected chi connectivity index (χ4v) is 2.49. The van der Waals surface area contributed by atoms with Crippen molar-refractivity contribution in [2.45, 2.75) is 26.2 Å². The fourth-order valence-electron chi connectivity index (χ4n) is 1.89. The number of benzene rings is 1. The van der Waals surface area contributed by atoms with Gasteiger partial charge in [-0.05, 0) is 37.0 Å². The summed E-state index contributed by atoms with van der Waals surface area (Å²) in [7, 11) is 0. The van der Waals surface area contributed by atoms with Crippen LogP contribution in [0, 0.1) is 5.92 Å². The summed E-state index contributed by atoms with van der Waals surface area (Å²) in [5.74, 6) is 0.913. The summed E-state index contributed by atoms with van der Waals surface area (Å²) < 4.78 is 0. The molecular formula is C14H18Cl3NO. The van der Waals surface area contributed by atoms with Crippen LogP contribution >= 0.6 is 34.8 Å². The van der Waals surface area contributed by atoms with Crippen molar-refractivity contribution >= 4 is 40.7 Å². The van der Waals surface area contributed by atoms with Gasteiger partial charge in [0.2, 0.25) is 0 Å².